The van der Waals surface area contributed by atoms with Crippen LogP contribution < -0.4 is 5.32 Å². The van der Waals surface area contributed by atoms with Gasteiger partial charge < -0.3 is 15.2 Å². The van der Waals surface area contributed by atoms with Crippen LogP contribution in [0.5, 0.6) is 0 Å². The third-order valence-electron chi connectivity index (χ3n) is 2.56. The van der Waals surface area contributed by atoms with Crippen LogP contribution in [0, 0.1) is 0 Å². The number of alkyl carbamates (subject to hydrolysis) is 1. The molecule has 0 spiro atoms. The van der Waals surface area contributed by atoms with Crippen molar-refractivity contribution in [1.82, 2.24) is 5.32 Å². The summed E-state index contributed by atoms with van der Waals surface area (Å²) < 4.78 is 5.06. The molecule has 0 bridgehead atoms. The van der Waals surface area contributed by atoms with E-state index in [2.05, 4.69) is 5.32 Å². The summed E-state index contributed by atoms with van der Waals surface area (Å²) in [5, 5.41) is 12.4. The van der Waals surface area contributed by atoms with Crippen molar-refractivity contribution in [1.29, 1.82) is 0 Å². The van der Waals surface area contributed by atoms with Crippen LogP contribution in [0.4, 0.5) is 4.79 Å². The molecule has 0 saturated heterocycles. The van der Waals surface area contributed by atoms with Gasteiger partial charge in [-0.05, 0) is 32.4 Å². The second kappa shape index (κ2) is 8.66. The number of halogens is 2. The molecule has 1 amide bonds. The topological polar surface area (TPSA) is 75.6 Å². The molecule has 8 heteroatoms. The number of hydrogen-bond acceptors (Lipinski definition) is 4. The molecule has 0 aliphatic rings. The lowest BCUT2D eigenvalue weighted by molar-refractivity contribution is -0.138. The first-order valence-corrected chi connectivity index (χ1v) is 8.74. The van der Waals surface area contributed by atoms with E-state index in [4.69, 9.17) is 27.9 Å². The van der Waals surface area contributed by atoms with Gasteiger partial charge in [-0.15, -0.1) is 0 Å². The van der Waals surface area contributed by atoms with Crippen LogP contribution in [0.25, 0.3) is 0 Å². The lowest BCUT2D eigenvalue weighted by atomic mass is 10.2. The molecule has 0 aromatic heterocycles. The minimum absolute atomic E-state index is 0.178. The van der Waals surface area contributed by atoms with Crippen LogP contribution >= 0.6 is 35.0 Å². The van der Waals surface area contributed by atoms with Gasteiger partial charge in [-0.2, -0.15) is 11.8 Å². The third kappa shape index (κ3) is 7.33. The van der Waals surface area contributed by atoms with Crippen LogP contribution in [0.15, 0.2) is 18.2 Å². The minimum atomic E-state index is -1.12. The smallest absolute Gasteiger partial charge is 0.408 e. The maximum atomic E-state index is 11.7. The van der Waals surface area contributed by atoms with Gasteiger partial charge in [0.15, 0.2) is 0 Å². The van der Waals surface area contributed by atoms with Gasteiger partial charge in [0.25, 0.3) is 0 Å². The fourth-order valence-corrected chi connectivity index (χ4v) is 3.08. The monoisotopic (exact) mass is 379 g/mol. The zero-order valence-corrected chi connectivity index (χ0v) is 15.4. The lowest BCUT2D eigenvalue weighted by Gasteiger charge is -2.21. The molecule has 0 radical (unpaired) electrons. The van der Waals surface area contributed by atoms with E-state index in [-0.39, 0.29) is 5.75 Å². The lowest BCUT2D eigenvalue weighted by Crippen LogP contribution is -2.44. The molecule has 5 nitrogen and oxygen atoms in total. The van der Waals surface area contributed by atoms with E-state index < -0.39 is 23.7 Å². The third-order valence-corrected chi connectivity index (χ3v) is 4.50. The van der Waals surface area contributed by atoms with Gasteiger partial charge >= 0.3 is 12.1 Å². The first kappa shape index (κ1) is 19.9. The standard InChI is InChI=1S/C15H19Cl2NO4S/c1-15(2,3)22-14(21)18-11(13(19)20)8-23-7-9-5-4-6-10(16)12(9)17/h4-6,11H,7-8H2,1-3H3,(H,18,21)(H,19,20). The highest BCUT2D eigenvalue weighted by Crippen LogP contribution is 2.28. The number of aliphatic carboxylic acids is 1. The highest BCUT2D eigenvalue weighted by Gasteiger charge is 2.24. The van der Waals surface area contributed by atoms with Crippen molar-refractivity contribution in [3.8, 4) is 0 Å². The summed E-state index contributed by atoms with van der Waals surface area (Å²) in [6.45, 7) is 5.12. The fourth-order valence-electron chi connectivity index (χ4n) is 1.57. The van der Waals surface area contributed by atoms with Crippen molar-refractivity contribution in [3.63, 3.8) is 0 Å². The average Bonchev–Trinajstić information content (AvgIpc) is 2.40. The number of nitrogens with one attached hydrogen (secondary N) is 1. The number of carboxylic acids is 1. The molecule has 1 rings (SSSR count). The summed E-state index contributed by atoms with van der Waals surface area (Å²) in [6.07, 6.45) is -0.758. The van der Waals surface area contributed by atoms with Crippen LogP contribution in [0.1, 0.15) is 26.3 Å². The van der Waals surface area contributed by atoms with E-state index in [1.807, 2.05) is 6.07 Å². The van der Waals surface area contributed by atoms with Gasteiger partial charge in [0, 0.05) is 11.5 Å². The molecule has 0 fully saturated rings. The zero-order chi connectivity index (χ0) is 17.6. The number of amides is 1. The Morgan fingerprint density at radius 2 is 2.00 bits per heavy atom. The molecule has 1 aromatic rings. The van der Waals surface area contributed by atoms with Gasteiger partial charge in [-0.3, -0.25) is 0 Å². The maximum Gasteiger partial charge on any atom is 0.408 e. The van der Waals surface area contributed by atoms with Gasteiger partial charge in [0.2, 0.25) is 0 Å². The van der Waals surface area contributed by atoms with Crippen LogP contribution in [0.3, 0.4) is 0 Å². The summed E-state index contributed by atoms with van der Waals surface area (Å²) in [5.74, 6) is -0.461. The van der Waals surface area contributed by atoms with Gasteiger partial charge in [-0.25, -0.2) is 9.59 Å². The SMILES string of the molecule is CC(C)(C)OC(=O)NC(CSCc1cccc(Cl)c1Cl)C(=O)O. The molecule has 1 aromatic carbocycles. The van der Waals surface area contributed by atoms with Gasteiger partial charge in [0.1, 0.15) is 11.6 Å². The molecule has 0 aliphatic heterocycles. The molecule has 1 unspecified atom stereocenters. The van der Waals surface area contributed by atoms with Gasteiger partial charge in [-0.1, -0.05) is 35.3 Å². The summed E-state index contributed by atoms with van der Waals surface area (Å²) in [5.41, 5.74) is 0.125. The summed E-state index contributed by atoms with van der Waals surface area (Å²) in [4.78, 5) is 22.9. The zero-order valence-electron chi connectivity index (χ0n) is 13.1. The van der Waals surface area contributed by atoms with Crippen LogP contribution in [0.2, 0.25) is 10.0 Å². The van der Waals surface area contributed by atoms with E-state index in [0.717, 1.165) is 5.56 Å². The fraction of sp³-hybridized carbons (Fsp3) is 0.467. The predicted molar refractivity (Wildman–Crippen MR) is 93.4 cm³/mol. The highest BCUT2D eigenvalue weighted by molar-refractivity contribution is 7.98. The molecule has 1 atom stereocenters. The molecule has 128 valence electrons. The Morgan fingerprint density at radius 1 is 1.35 bits per heavy atom. The van der Waals surface area contributed by atoms with E-state index in [9.17, 15) is 14.7 Å². The molecule has 2 N–H and O–H groups in total. The summed E-state index contributed by atoms with van der Waals surface area (Å²) >= 11 is 13.3. The van der Waals surface area contributed by atoms with E-state index in [1.165, 1.54) is 11.8 Å². The van der Waals surface area contributed by atoms with Crippen molar-refractivity contribution in [3.05, 3.63) is 33.8 Å². The predicted octanol–water partition coefficient (Wildman–Crippen LogP) is 4.20. The number of carboxylic acid groups (broad SMARTS) is 1. The average molecular weight is 380 g/mol. The van der Waals surface area contributed by atoms with Gasteiger partial charge in [0.05, 0.1) is 10.0 Å². The van der Waals surface area contributed by atoms with Crippen molar-refractivity contribution in [2.24, 2.45) is 0 Å². The molecule has 0 heterocycles. The number of thioether (sulfide) groups is 1. The Labute approximate surface area is 149 Å². The van der Waals surface area contributed by atoms with Crippen molar-refractivity contribution < 1.29 is 19.4 Å². The first-order chi connectivity index (χ1) is 10.6. The number of benzene rings is 1. The largest absolute Gasteiger partial charge is 0.480 e. The highest BCUT2D eigenvalue weighted by atomic mass is 35.5. The minimum Gasteiger partial charge on any atom is -0.480 e. The Hall–Kier alpha value is -1.11. The van der Waals surface area contributed by atoms with E-state index in [1.54, 1.807) is 32.9 Å². The van der Waals surface area contributed by atoms with Crippen molar-refractivity contribution in [2.75, 3.05) is 5.75 Å². The number of hydrogen-bond donors (Lipinski definition) is 2. The number of ether oxygens (including phenoxy) is 1. The Balaban J connectivity index is 2.55. The second-order valence-electron chi connectivity index (χ2n) is 5.77. The number of rotatable bonds is 6. The van der Waals surface area contributed by atoms with Crippen molar-refractivity contribution in [2.45, 2.75) is 38.2 Å². The Morgan fingerprint density at radius 3 is 2.57 bits per heavy atom. The maximum absolute atomic E-state index is 11.7. The molecule has 0 saturated carbocycles. The Bertz CT molecular complexity index is 575. The second-order valence-corrected chi connectivity index (χ2v) is 7.58. The molecular weight excluding hydrogens is 361 g/mol. The Kier molecular flexibility index (Phi) is 7.51. The molecule has 23 heavy (non-hydrogen) atoms. The van der Waals surface area contributed by atoms with Crippen molar-refractivity contribution >= 4 is 47.0 Å². The molecular formula is C15H19Cl2NO4S. The molecule has 0 aliphatic carbocycles. The normalized spacial score (nSPS) is 12.6. The first-order valence-electron chi connectivity index (χ1n) is 6.83. The summed E-state index contributed by atoms with van der Waals surface area (Å²) in [7, 11) is 0. The quantitative estimate of drug-likeness (QED) is 0.774. The van der Waals surface area contributed by atoms with E-state index in [0.29, 0.717) is 15.8 Å². The number of carbonyl (C=O) groups is 2. The van der Waals surface area contributed by atoms with Crippen LogP contribution in [-0.2, 0) is 15.3 Å². The van der Waals surface area contributed by atoms with Crippen LogP contribution in [-0.4, -0.2) is 34.6 Å². The van der Waals surface area contributed by atoms with E-state index >= 15 is 0 Å². The summed E-state index contributed by atoms with van der Waals surface area (Å²) in [6, 6.07) is 4.23. The number of carbonyl (C=O) groups excluding carboxylic acids is 1.